The van der Waals surface area contributed by atoms with Crippen LogP contribution in [0.2, 0.25) is 0 Å². The van der Waals surface area contributed by atoms with Gasteiger partial charge in [0.25, 0.3) is 5.56 Å². The lowest BCUT2D eigenvalue weighted by atomic mass is 10.2. The molecule has 14 heteroatoms. The van der Waals surface area contributed by atoms with Crippen molar-refractivity contribution in [3.63, 3.8) is 0 Å². The molecule has 1 N–H and O–H groups in total. The van der Waals surface area contributed by atoms with Crippen LogP contribution in [0.1, 0.15) is 32.2 Å². The number of sulfonamides is 1. The number of hydrogen-bond donors (Lipinski definition) is 1. The van der Waals surface area contributed by atoms with Crippen molar-refractivity contribution < 1.29 is 13.2 Å². The number of hydrogen-bond acceptors (Lipinski definition) is 10. The fourth-order valence-electron chi connectivity index (χ4n) is 4.65. The smallest absolute Gasteiger partial charge is 0.262 e. The number of ether oxygens (including phenoxy) is 1. The molecule has 5 heterocycles. The monoisotopic (exact) mass is 553 g/mol. The Kier molecular flexibility index (Phi) is 7.68. The number of piperazine rings is 1. The van der Waals surface area contributed by atoms with E-state index in [1.807, 2.05) is 6.92 Å². The zero-order valence-corrected chi connectivity index (χ0v) is 23.0. The third kappa shape index (κ3) is 5.27. The maximum Gasteiger partial charge on any atom is 0.262 e. The summed E-state index contributed by atoms with van der Waals surface area (Å²) < 4.78 is 35.8. The summed E-state index contributed by atoms with van der Waals surface area (Å²) in [5, 5.41) is 4.94. The summed E-state index contributed by atoms with van der Waals surface area (Å²) in [6.45, 7) is 9.52. The number of H-pyrrole nitrogens is 1. The minimum absolute atomic E-state index is 0.0148. The first-order valence-corrected chi connectivity index (χ1v) is 14.4. The first kappa shape index (κ1) is 26.8. The van der Waals surface area contributed by atoms with Crippen LogP contribution >= 0.6 is 0 Å². The Hall–Kier alpha value is -3.75. The summed E-state index contributed by atoms with van der Waals surface area (Å²) in [6.07, 6.45) is 6.40. The highest BCUT2D eigenvalue weighted by molar-refractivity contribution is 7.89. The molecule has 4 aromatic rings. The third-order valence-corrected chi connectivity index (χ3v) is 8.58. The van der Waals surface area contributed by atoms with Gasteiger partial charge in [-0.1, -0.05) is 6.92 Å². The first-order valence-electron chi connectivity index (χ1n) is 13.0. The van der Waals surface area contributed by atoms with E-state index < -0.39 is 15.6 Å². The van der Waals surface area contributed by atoms with Gasteiger partial charge >= 0.3 is 0 Å². The SMILES string of the molecule is CCOc1ncc(S(=O)(=O)N2CCN(CC)CC2)cc1-c1nc2c(c(Cc3cnccn3)nn2CC)c(=O)[nH]1. The largest absolute Gasteiger partial charge is 0.477 e. The normalized spacial score (nSPS) is 15.2. The molecule has 0 aliphatic carbocycles. The van der Waals surface area contributed by atoms with Gasteiger partial charge in [-0.25, -0.2) is 23.1 Å². The molecule has 0 aromatic carbocycles. The van der Waals surface area contributed by atoms with Crippen LogP contribution in [0.15, 0.2) is 40.5 Å². The van der Waals surface area contributed by atoms with Crippen LogP contribution in [0, 0.1) is 0 Å². The van der Waals surface area contributed by atoms with Gasteiger partial charge in [0, 0.05) is 57.7 Å². The Morgan fingerprint density at radius 1 is 1.03 bits per heavy atom. The number of aryl methyl sites for hydroxylation is 1. The maximum atomic E-state index is 13.5. The molecular formula is C25H31N9O4S. The van der Waals surface area contributed by atoms with Gasteiger partial charge in [-0.2, -0.15) is 9.40 Å². The van der Waals surface area contributed by atoms with E-state index in [1.165, 1.54) is 16.6 Å². The molecule has 13 nitrogen and oxygen atoms in total. The molecule has 0 spiro atoms. The Labute approximate surface area is 225 Å². The molecule has 4 aromatic heterocycles. The lowest BCUT2D eigenvalue weighted by molar-refractivity contribution is 0.196. The number of pyridine rings is 1. The lowest BCUT2D eigenvalue weighted by Gasteiger charge is -2.33. The fraction of sp³-hybridized carbons (Fsp3) is 0.440. The lowest BCUT2D eigenvalue weighted by Crippen LogP contribution is -2.48. The summed E-state index contributed by atoms with van der Waals surface area (Å²) in [5.74, 6) is 0.328. The van der Waals surface area contributed by atoms with E-state index in [4.69, 9.17) is 9.72 Å². The Balaban J connectivity index is 1.59. The van der Waals surface area contributed by atoms with Gasteiger partial charge in [-0.05, 0) is 26.5 Å². The minimum atomic E-state index is -3.81. The molecular weight excluding hydrogens is 522 g/mol. The van der Waals surface area contributed by atoms with Gasteiger partial charge in [0.1, 0.15) is 16.1 Å². The fourth-order valence-corrected chi connectivity index (χ4v) is 6.04. The molecule has 206 valence electrons. The van der Waals surface area contributed by atoms with Crippen LogP contribution in [0.25, 0.3) is 22.4 Å². The zero-order chi connectivity index (χ0) is 27.6. The summed E-state index contributed by atoms with van der Waals surface area (Å²) in [7, 11) is -3.81. The number of fused-ring (bicyclic) bond motifs is 1. The van der Waals surface area contributed by atoms with Crippen LogP contribution in [0.4, 0.5) is 0 Å². The van der Waals surface area contributed by atoms with Crippen LogP contribution in [-0.4, -0.2) is 91.7 Å². The van der Waals surface area contributed by atoms with Gasteiger partial charge in [-0.15, -0.1) is 0 Å². The minimum Gasteiger partial charge on any atom is -0.477 e. The molecule has 1 aliphatic heterocycles. The van der Waals surface area contributed by atoms with E-state index in [1.54, 1.807) is 30.2 Å². The van der Waals surface area contributed by atoms with Crippen LogP contribution in [0.5, 0.6) is 5.88 Å². The highest BCUT2D eigenvalue weighted by Gasteiger charge is 2.30. The molecule has 0 saturated carbocycles. The van der Waals surface area contributed by atoms with Gasteiger partial charge in [0.2, 0.25) is 15.9 Å². The van der Waals surface area contributed by atoms with Crippen molar-refractivity contribution in [2.24, 2.45) is 0 Å². The van der Waals surface area contributed by atoms with E-state index in [0.717, 1.165) is 6.54 Å². The number of nitrogens with one attached hydrogen (secondary N) is 1. The van der Waals surface area contributed by atoms with Crippen LogP contribution in [-0.2, 0) is 23.0 Å². The van der Waals surface area contributed by atoms with Crippen molar-refractivity contribution in [3.05, 3.63) is 52.6 Å². The molecule has 0 radical (unpaired) electrons. The Morgan fingerprint density at radius 2 is 1.82 bits per heavy atom. The highest BCUT2D eigenvalue weighted by atomic mass is 32.2. The van der Waals surface area contributed by atoms with Crippen LogP contribution < -0.4 is 10.3 Å². The van der Waals surface area contributed by atoms with Crippen molar-refractivity contribution in [2.75, 3.05) is 39.3 Å². The quantitative estimate of drug-likeness (QED) is 0.321. The third-order valence-electron chi connectivity index (χ3n) is 6.72. The molecule has 0 bridgehead atoms. The second-order valence-electron chi connectivity index (χ2n) is 9.04. The molecule has 1 fully saturated rings. The average Bonchev–Trinajstić information content (AvgIpc) is 3.31. The van der Waals surface area contributed by atoms with Gasteiger partial charge in [0.15, 0.2) is 5.65 Å². The molecule has 0 unspecified atom stereocenters. The second-order valence-corrected chi connectivity index (χ2v) is 11.0. The summed E-state index contributed by atoms with van der Waals surface area (Å²) in [4.78, 5) is 35.8. The van der Waals surface area contributed by atoms with Crippen molar-refractivity contribution in [3.8, 4) is 17.3 Å². The topological polar surface area (TPSA) is 152 Å². The predicted octanol–water partition coefficient (Wildman–Crippen LogP) is 1.31. The molecule has 5 rings (SSSR count). The van der Waals surface area contributed by atoms with Crippen molar-refractivity contribution in [2.45, 2.75) is 38.6 Å². The molecule has 1 saturated heterocycles. The zero-order valence-electron chi connectivity index (χ0n) is 22.2. The second kappa shape index (κ2) is 11.2. The molecule has 0 amide bonds. The van der Waals surface area contributed by atoms with Crippen molar-refractivity contribution in [1.29, 1.82) is 0 Å². The number of rotatable bonds is 9. The van der Waals surface area contributed by atoms with E-state index in [0.29, 0.717) is 68.2 Å². The number of likely N-dealkylation sites (N-methyl/N-ethyl adjacent to an activating group) is 1. The number of aromatic amines is 1. The first-order chi connectivity index (χ1) is 18.8. The van der Waals surface area contributed by atoms with Crippen molar-refractivity contribution >= 4 is 21.1 Å². The van der Waals surface area contributed by atoms with Gasteiger partial charge in [-0.3, -0.25) is 14.8 Å². The Bertz CT molecular complexity index is 1630. The molecule has 0 atom stereocenters. The predicted molar refractivity (Wildman–Crippen MR) is 144 cm³/mol. The van der Waals surface area contributed by atoms with E-state index in [-0.39, 0.29) is 22.2 Å². The summed E-state index contributed by atoms with van der Waals surface area (Å²) in [6, 6.07) is 1.47. The number of nitrogens with zero attached hydrogens (tertiary/aromatic N) is 8. The van der Waals surface area contributed by atoms with E-state index in [2.05, 4.69) is 36.9 Å². The van der Waals surface area contributed by atoms with Crippen molar-refractivity contribution in [1.82, 2.24) is 43.9 Å². The Morgan fingerprint density at radius 3 is 2.49 bits per heavy atom. The standard InChI is InChI=1S/C25H31N9O4S/c1-4-32-9-11-33(12-10-32)39(36,37)18-14-19(25(28-16-18)38-6-3)22-29-23-21(24(35)30-22)20(31-34(23)5-2)13-17-15-26-7-8-27-17/h7-8,14-16H,4-6,9-13H2,1-3H3,(H,29,30,35). The van der Waals surface area contributed by atoms with Gasteiger partial charge < -0.3 is 14.6 Å². The van der Waals surface area contributed by atoms with E-state index in [9.17, 15) is 13.2 Å². The summed E-state index contributed by atoms with van der Waals surface area (Å²) in [5.41, 5.74) is 1.45. The maximum absolute atomic E-state index is 13.5. The molecule has 1 aliphatic rings. The van der Waals surface area contributed by atoms with Gasteiger partial charge in [0.05, 0.1) is 29.8 Å². The van der Waals surface area contributed by atoms with Crippen LogP contribution in [0.3, 0.4) is 0 Å². The highest BCUT2D eigenvalue weighted by Crippen LogP contribution is 2.30. The summed E-state index contributed by atoms with van der Waals surface area (Å²) >= 11 is 0. The average molecular weight is 554 g/mol. The number of aromatic nitrogens is 7. The van der Waals surface area contributed by atoms with E-state index >= 15 is 0 Å². The molecule has 39 heavy (non-hydrogen) atoms.